The van der Waals surface area contributed by atoms with E-state index in [1.807, 2.05) is 28.8 Å². The number of ether oxygens (including phenoxy) is 2. The second-order valence-corrected chi connectivity index (χ2v) is 7.74. The van der Waals surface area contributed by atoms with Crippen molar-refractivity contribution in [2.24, 2.45) is 0 Å². The molecular weight excluding hydrogens is 451 g/mol. The summed E-state index contributed by atoms with van der Waals surface area (Å²) in [6.07, 6.45) is 0.887. The molecule has 0 spiro atoms. The lowest BCUT2D eigenvalue weighted by Gasteiger charge is -2.13. The van der Waals surface area contributed by atoms with Gasteiger partial charge in [0.1, 0.15) is 5.82 Å². The van der Waals surface area contributed by atoms with Crippen LogP contribution in [0.25, 0.3) is 11.0 Å². The maximum absolute atomic E-state index is 13.0. The van der Waals surface area contributed by atoms with Crippen molar-refractivity contribution in [3.63, 3.8) is 0 Å². The summed E-state index contributed by atoms with van der Waals surface area (Å²) in [5, 5.41) is 5.49. The van der Waals surface area contributed by atoms with E-state index in [0.717, 1.165) is 17.5 Å². The largest absolute Gasteiger partial charge is 0.493 e. The Balaban J connectivity index is 1.44. The molecule has 4 rings (SSSR count). The van der Waals surface area contributed by atoms with Gasteiger partial charge >= 0.3 is 0 Å². The molecule has 1 heterocycles. The highest BCUT2D eigenvalue weighted by Crippen LogP contribution is 2.29. The minimum absolute atomic E-state index is 0.291. The topological polar surface area (TPSA) is 94.5 Å². The first-order valence-electron chi connectivity index (χ1n) is 11.1. The summed E-state index contributed by atoms with van der Waals surface area (Å²) in [5.74, 6) is -0.0942. The number of hydrogen-bond donors (Lipinski definition) is 2. The first-order valence-corrected chi connectivity index (χ1v) is 11.1. The summed E-state index contributed by atoms with van der Waals surface area (Å²) in [6, 6.07) is 17.8. The average molecular weight is 477 g/mol. The van der Waals surface area contributed by atoms with E-state index in [2.05, 4.69) is 22.5 Å². The van der Waals surface area contributed by atoms with Crippen LogP contribution in [0.5, 0.6) is 11.5 Å². The summed E-state index contributed by atoms with van der Waals surface area (Å²) >= 11 is 0. The van der Waals surface area contributed by atoms with E-state index >= 15 is 0 Å². The predicted molar refractivity (Wildman–Crippen MR) is 131 cm³/mol. The molecule has 0 radical (unpaired) electrons. The summed E-state index contributed by atoms with van der Waals surface area (Å²) in [5.41, 5.74) is 2.55. The fourth-order valence-corrected chi connectivity index (χ4v) is 3.60. The van der Waals surface area contributed by atoms with Crippen LogP contribution in [-0.4, -0.2) is 35.1 Å². The SMILES string of the molecule is CCCn1c(NC(=O)c2ccc(OCC(=O)Nc3ccc(F)cc3)c(OC)c2)nc2ccccc21. The number of hydrogen-bond acceptors (Lipinski definition) is 5. The normalized spacial score (nSPS) is 10.7. The number of imidazole rings is 1. The molecule has 0 unspecified atom stereocenters. The molecule has 0 atom stereocenters. The number of carbonyl (C=O) groups is 2. The molecule has 3 aromatic carbocycles. The minimum Gasteiger partial charge on any atom is -0.493 e. The third-order valence-corrected chi connectivity index (χ3v) is 5.24. The number of nitrogens with zero attached hydrogens (tertiary/aromatic N) is 2. The van der Waals surface area contributed by atoms with Crippen molar-refractivity contribution in [3.05, 3.63) is 78.1 Å². The maximum atomic E-state index is 13.0. The Kier molecular flexibility index (Phi) is 7.25. The molecule has 0 aliphatic heterocycles. The smallest absolute Gasteiger partial charge is 0.262 e. The third-order valence-electron chi connectivity index (χ3n) is 5.24. The highest BCUT2D eigenvalue weighted by atomic mass is 19.1. The van der Waals surface area contributed by atoms with Crippen LogP contribution in [0.15, 0.2) is 66.7 Å². The third kappa shape index (κ3) is 5.57. The number of aryl methyl sites for hydroxylation is 1. The molecule has 4 aromatic rings. The van der Waals surface area contributed by atoms with Crippen molar-refractivity contribution in [2.45, 2.75) is 19.9 Å². The van der Waals surface area contributed by atoms with Crippen molar-refractivity contribution in [1.82, 2.24) is 9.55 Å². The van der Waals surface area contributed by atoms with E-state index in [-0.39, 0.29) is 12.5 Å². The molecule has 8 nitrogen and oxygen atoms in total. The molecule has 0 saturated heterocycles. The first-order chi connectivity index (χ1) is 17.0. The first kappa shape index (κ1) is 23.7. The van der Waals surface area contributed by atoms with Gasteiger partial charge in [-0.15, -0.1) is 0 Å². The van der Waals surface area contributed by atoms with Crippen molar-refractivity contribution >= 4 is 34.5 Å². The number of methoxy groups -OCH3 is 1. The molecule has 0 aliphatic carbocycles. The van der Waals surface area contributed by atoms with Crippen molar-refractivity contribution in [2.75, 3.05) is 24.4 Å². The molecular formula is C26H25FN4O4. The second kappa shape index (κ2) is 10.7. The zero-order valence-electron chi connectivity index (χ0n) is 19.4. The van der Waals surface area contributed by atoms with Gasteiger partial charge in [-0.1, -0.05) is 19.1 Å². The number of halogens is 1. The molecule has 0 aliphatic rings. The number of anilines is 2. The van der Waals surface area contributed by atoms with Gasteiger partial charge in [-0.2, -0.15) is 0 Å². The van der Waals surface area contributed by atoms with Gasteiger partial charge in [0.05, 0.1) is 18.1 Å². The molecule has 0 bridgehead atoms. The van der Waals surface area contributed by atoms with E-state index in [1.165, 1.54) is 37.4 Å². The summed E-state index contributed by atoms with van der Waals surface area (Å²) in [4.78, 5) is 29.7. The highest BCUT2D eigenvalue weighted by molar-refractivity contribution is 6.04. The fourth-order valence-electron chi connectivity index (χ4n) is 3.60. The Morgan fingerprint density at radius 2 is 1.77 bits per heavy atom. The lowest BCUT2D eigenvalue weighted by molar-refractivity contribution is -0.118. The number of rotatable bonds is 9. The van der Waals surface area contributed by atoms with Crippen LogP contribution in [0.1, 0.15) is 23.7 Å². The van der Waals surface area contributed by atoms with E-state index in [1.54, 1.807) is 12.1 Å². The number of amides is 2. The van der Waals surface area contributed by atoms with Gasteiger partial charge in [0.25, 0.3) is 11.8 Å². The lowest BCUT2D eigenvalue weighted by atomic mass is 10.2. The van der Waals surface area contributed by atoms with Gasteiger partial charge < -0.3 is 19.4 Å². The van der Waals surface area contributed by atoms with E-state index in [9.17, 15) is 14.0 Å². The van der Waals surface area contributed by atoms with Gasteiger partial charge in [-0.05, 0) is 61.0 Å². The van der Waals surface area contributed by atoms with Crippen molar-refractivity contribution in [3.8, 4) is 11.5 Å². The molecule has 35 heavy (non-hydrogen) atoms. The van der Waals surface area contributed by atoms with E-state index in [0.29, 0.717) is 35.2 Å². The molecule has 180 valence electrons. The van der Waals surface area contributed by atoms with Crippen LogP contribution in [0, 0.1) is 5.82 Å². The Bertz CT molecular complexity index is 1350. The van der Waals surface area contributed by atoms with Crippen molar-refractivity contribution < 1.29 is 23.5 Å². The molecule has 0 fully saturated rings. The number of nitrogens with one attached hydrogen (secondary N) is 2. The van der Waals surface area contributed by atoms with Gasteiger partial charge in [0, 0.05) is 17.8 Å². The van der Waals surface area contributed by atoms with Crippen LogP contribution >= 0.6 is 0 Å². The quantitative estimate of drug-likeness (QED) is 0.360. The van der Waals surface area contributed by atoms with E-state index < -0.39 is 11.7 Å². The Morgan fingerprint density at radius 3 is 2.51 bits per heavy atom. The summed E-state index contributed by atoms with van der Waals surface area (Å²) < 4.78 is 25.9. The van der Waals surface area contributed by atoms with Crippen LogP contribution in [0.3, 0.4) is 0 Å². The molecule has 0 saturated carbocycles. The summed E-state index contributed by atoms with van der Waals surface area (Å²) in [7, 11) is 1.45. The summed E-state index contributed by atoms with van der Waals surface area (Å²) in [6.45, 7) is 2.48. The predicted octanol–water partition coefficient (Wildman–Crippen LogP) is 4.86. The number of benzene rings is 3. The zero-order valence-corrected chi connectivity index (χ0v) is 19.4. The second-order valence-electron chi connectivity index (χ2n) is 7.74. The number of aromatic nitrogens is 2. The van der Waals surface area contributed by atoms with Crippen LogP contribution < -0.4 is 20.1 Å². The minimum atomic E-state index is -0.421. The number of fused-ring (bicyclic) bond motifs is 1. The Morgan fingerprint density at radius 1 is 1.00 bits per heavy atom. The molecule has 2 N–H and O–H groups in total. The van der Waals surface area contributed by atoms with Crippen LogP contribution in [-0.2, 0) is 11.3 Å². The molecule has 2 amide bonds. The van der Waals surface area contributed by atoms with Crippen LogP contribution in [0.4, 0.5) is 16.0 Å². The monoisotopic (exact) mass is 476 g/mol. The Hall–Kier alpha value is -4.40. The van der Waals surface area contributed by atoms with Gasteiger partial charge in [0.15, 0.2) is 18.1 Å². The maximum Gasteiger partial charge on any atom is 0.262 e. The lowest BCUT2D eigenvalue weighted by Crippen LogP contribution is -2.20. The molecule has 1 aromatic heterocycles. The van der Waals surface area contributed by atoms with Crippen molar-refractivity contribution in [1.29, 1.82) is 0 Å². The fraction of sp³-hybridized carbons (Fsp3) is 0.192. The standard InChI is InChI=1S/C26H25FN4O4/c1-3-14-31-21-7-5-4-6-20(21)29-26(31)30-25(33)17-8-13-22(23(15-17)34-2)35-16-24(32)28-19-11-9-18(27)10-12-19/h4-13,15H,3,14,16H2,1-2H3,(H,28,32)(H,29,30,33). The zero-order chi connectivity index (χ0) is 24.8. The molecule has 9 heteroatoms. The van der Waals surface area contributed by atoms with Crippen LogP contribution in [0.2, 0.25) is 0 Å². The highest BCUT2D eigenvalue weighted by Gasteiger charge is 2.16. The Labute approximate surface area is 201 Å². The van der Waals surface area contributed by atoms with Gasteiger partial charge in [0.2, 0.25) is 5.95 Å². The van der Waals surface area contributed by atoms with Gasteiger partial charge in [-0.3, -0.25) is 14.9 Å². The number of carbonyl (C=O) groups excluding carboxylic acids is 2. The number of para-hydroxylation sites is 2. The average Bonchev–Trinajstić information content (AvgIpc) is 3.21. The van der Waals surface area contributed by atoms with Gasteiger partial charge in [-0.25, -0.2) is 9.37 Å². The van der Waals surface area contributed by atoms with E-state index in [4.69, 9.17) is 9.47 Å².